The van der Waals surface area contributed by atoms with Gasteiger partial charge < -0.3 is 4.57 Å². The van der Waals surface area contributed by atoms with Gasteiger partial charge in [-0.05, 0) is 71.3 Å². The lowest BCUT2D eigenvalue weighted by atomic mass is 9.96. The molecule has 9 aromatic rings. The molecule has 0 spiro atoms. The molecule has 7 aromatic carbocycles. The second kappa shape index (κ2) is 14.9. The first-order valence-corrected chi connectivity index (χ1v) is 18.7. The lowest BCUT2D eigenvalue weighted by Gasteiger charge is -2.19. The summed E-state index contributed by atoms with van der Waals surface area (Å²) in [6.45, 7) is 0. The lowest BCUT2D eigenvalue weighted by molar-refractivity contribution is -0.143. The highest BCUT2D eigenvalue weighted by Crippen LogP contribution is 2.43. The van der Waals surface area contributed by atoms with Crippen LogP contribution in [0, 0.1) is 22.7 Å². The van der Waals surface area contributed by atoms with Crippen LogP contribution in [0.25, 0.3) is 83.9 Å². The van der Waals surface area contributed by atoms with Crippen LogP contribution >= 0.6 is 0 Å². The van der Waals surface area contributed by atoms with Gasteiger partial charge in [-0.25, -0.2) is 15.0 Å². The van der Waals surface area contributed by atoms with E-state index in [0.29, 0.717) is 62.6 Å². The van der Waals surface area contributed by atoms with Gasteiger partial charge in [-0.15, -0.1) is 0 Å². The van der Waals surface area contributed by atoms with Crippen LogP contribution in [-0.2, 0) is 12.4 Å². The van der Waals surface area contributed by atoms with Crippen LogP contribution in [0.5, 0.6) is 0 Å². The van der Waals surface area contributed by atoms with Gasteiger partial charge in [0.1, 0.15) is 0 Å². The monoisotopic (exact) mass is 812 g/mol. The van der Waals surface area contributed by atoms with E-state index in [1.807, 2.05) is 97.1 Å². The summed E-state index contributed by atoms with van der Waals surface area (Å²) in [7, 11) is 0. The number of hydrogen-bond acceptors (Lipinski definition) is 5. The molecule has 0 N–H and O–H groups in total. The van der Waals surface area contributed by atoms with Crippen LogP contribution in [0.3, 0.4) is 0 Å². The molecular weight excluding hydrogens is 787 g/mol. The zero-order valence-corrected chi connectivity index (χ0v) is 31.5. The van der Waals surface area contributed by atoms with Crippen LogP contribution in [0.1, 0.15) is 22.3 Å². The van der Waals surface area contributed by atoms with Crippen LogP contribution in [0.15, 0.2) is 158 Å². The molecule has 0 aliphatic heterocycles. The molecule has 0 fully saturated rings. The molecule has 0 saturated heterocycles. The summed E-state index contributed by atoms with van der Waals surface area (Å²) in [6.07, 6.45) is -10.2. The van der Waals surface area contributed by atoms with Crippen molar-refractivity contribution in [2.45, 2.75) is 12.4 Å². The second-order valence-electron chi connectivity index (χ2n) is 14.2. The van der Waals surface area contributed by atoms with Crippen molar-refractivity contribution in [2.75, 3.05) is 0 Å². The molecule has 0 unspecified atom stereocenters. The fourth-order valence-corrected chi connectivity index (χ4v) is 7.48. The van der Waals surface area contributed by atoms with E-state index < -0.39 is 23.5 Å². The molecular formula is C49H26F6N6. The Morgan fingerprint density at radius 2 is 0.918 bits per heavy atom. The summed E-state index contributed by atoms with van der Waals surface area (Å²) in [5, 5.41) is 20.9. The number of para-hydroxylation sites is 1. The predicted molar refractivity (Wildman–Crippen MR) is 221 cm³/mol. The first-order valence-electron chi connectivity index (χ1n) is 18.7. The lowest BCUT2D eigenvalue weighted by Crippen LogP contribution is -2.11. The molecule has 0 aliphatic rings. The van der Waals surface area contributed by atoms with Gasteiger partial charge in [-0.1, -0.05) is 103 Å². The molecule has 2 heterocycles. The van der Waals surface area contributed by atoms with Gasteiger partial charge in [0.05, 0.1) is 51.1 Å². The highest BCUT2D eigenvalue weighted by atomic mass is 19.4. The number of aromatic nitrogens is 4. The summed E-state index contributed by atoms with van der Waals surface area (Å²) < 4.78 is 88.0. The molecule has 0 bridgehead atoms. The number of alkyl halides is 6. The number of benzene rings is 7. The standard InChI is InChI=1S/C49H26F6N6/c50-48(51,52)37-22-36(23-38(26-37)49(53,54)55)39-17-16-34(47-59-45(31-9-3-1-4-10-31)58-46(60-47)32-11-5-2-6-12-32)25-43(39)61-42-14-8-7-13-40(42)41-18-15-33(24-44(41)61)35-20-29(27-56)19-30(21-35)28-57/h1-26H. The number of nitrogens with zero attached hydrogens (tertiary/aromatic N) is 6. The first kappa shape index (κ1) is 38.4. The smallest absolute Gasteiger partial charge is 0.309 e. The van der Waals surface area contributed by atoms with Crippen LogP contribution < -0.4 is 0 Å². The van der Waals surface area contributed by atoms with Crippen molar-refractivity contribution < 1.29 is 26.3 Å². The number of halogens is 6. The van der Waals surface area contributed by atoms with Gasteiger partial charge in [-0.2, -0.15) is 36.9 Å². The Labute approximate surface area is 343 Å². The molecule has 0 atom stereocenters. The fraction of sp³-hybridized carbons (Fsp3) is 0.0408. The normalized spacial score (nSPS) is 11.7. The molecule has 2 aromatic heterocycles. The van der Waals surface area contributed by atoms with E-state index >= 15 is 0 Å². The van der Waals surface area contributed by atoms with Crippen molar-refractivity contribution in [1.82, 2.24) is 19.5 Å². The Bertz CT molecular complexity index is 3130. The number of nitriles is 2. The molecule has 9 rings (SSSR count). The molecule has 61 heavy (non-hydrogen) atoms. The van der Waals surface area contributed by atoms with Gasteiger partial charge >= 0.3 is 12.4 Å². The van der Waals surface area contributed by atoms with Gasteiger partial charge in [0.2, 0.25) is 0 Å². The van der Waals surface area contributed by atoms with Crippen molar-refractivity contribution in [3.63, 3.8) is 0 Å². The number of hydrogen-bond donors (Lipinski definition) is 0. The SMILES string of the molecule is N#Cc1cc(C#N)cc(-c2ccc3c4ccccc4n(-c4cc(-c5nc(-c6ccccc6)nc(-c6ccccc6)n5)ccc4-c4cc(C(F)(F)F)cc(C(F)(F)F)c4)c3c2)c1. The first-order chi connectivity index (χ1) is 29.4. The van der Waals surface area contributed by atoms with Crippen molar-refractivity contribution >= 4 is 21.8 Å². The minimum atomic E-state index is -5.09. The van der Waals surface area contributed by atoms with E-state index in [1.54, 1.807) is 34.9 Å². The van der Waals surface area contributed by atoms with Crippen molar-refractivity contribution in [3.05, 3.63) is 180 Å². The number of fused-ring (bicyclic) bond motifs is 3. The van der Waals surface area contributed by atoms with E-state index in [1.165, 1.54) is 12.1 Å². The maximum atomic E-state index is 14.4. The average Bonchev–Trinajstić information content (AvgIpc) is 3.61. The number of rotatable bonds is 6. The molecule has 0 radical (unpaired) electrons. The van der Waals surface area contributed by atoms with Crippen LogP contribution in [0.4, 0.5) is 26.3 Å². The minimum absolute atomic E-state index is 0.0623. The Kier molecular flexibility index (Phi) is 9.41. The summed E-state index contributed by atoms with van der Waals surface area (Å²) in [6, 6.07) is 46.4. The molecule has 0 saturated carbocycles. The zero-order valence-electron chi connectivity index (χ0n) is 31.5. The topological polar surface area (TPSA) is 91.2 Å². The van der Waals surface area contributed by atoms with Crippen LogP contribution in [-0.4, -0.2) is 19.5 Å². The summed E-state index contributed by atoms with van der Waals surface area (Å²) in [5.74, 6) is 0.903. The average molecular weight is 813 g/mol. The maximum Gasteiger partial charge on any atom is 0.416 e. The second-order valence-corrected chi connectivity index (χ2v) is 14.2. The van der Waals surface area contributed by atoms with Gasteiger partial charge in [0.15, 0.2) is 17.5 Å². The Hall–Kier alpha value is -8.09. The van der Waals surface area contributed by atoms with E-state index in [4.69, 9.17) is 15.0 Å². The van der Waals surface area contributed by atoms with Crippen molar-refractivity contribution in [3.8, 4) is 74.2 Å². The molecule has 0 aliphatic carbocycles. The fourth-order valence-electron chi connectivity index (χ4n) is 7.48. The van der Waals surface area contributed by atoms with E-state index in [2.05, 4.69) is 12.1 Å². The van der Waals surface area contributed by atoms with Gasteiger partial charge in [0, 0.05) is 33.0 Å². The van der Waals surface area contributed by atoms with Crippen LogP contribution in [0.2, 0.25) is 0 Å². The Balaban J connectivity index is 1.37. The maximum absolute atomic E-state index is 14.4. The van der Waals surface area contributed by atoms with E-state index in [-0.39, 0.29) is 39.8 Å². The zero-order chi connectivity index (χ0) is 42.5. The van der Waals surface area contributed by atoms with Gasteiger partial charge in [0.25, 0.3) is 0 Å². The quantitative estimate of drug-likeness (QED) is 0.156. The highest BCUT2D eigenvalue weighted by molar-refractivity contribution is 6.11. The predicted octanol–water partition coefficient (Wildman–Crippen LogP) is 13.1. The third-order valence-corrected chi connectivity index (χ3v) is 10.3. The summed E-state index contributed by atoms with van der Waals surface area (Å²) in [5.41, 5.74) is 1.69. The summed E-state index contributed by atoms with van der Waals surface area (Å²) >= 11 is 0. The Morgan fingerprint density at radius 3 is 1.48 bits per heavy atom. The molecule has 12 heteroatoms. The van der Waals surface area contributed by atoms with E-state index in [9.17, 15) is 36.9 Å². The molecule has 294 valence electrons. The van der Waals surface area contributed by atoms with Gasteiger partial charge in [-0.3, -0.25) is 0 Å². The Morgan fingerprint density at radius 1 is 0.410 bits per heavy atom. The highest BCUT2D eigenvalue weighted by Gasteiger charge is 2.37. The van der Waals surface area contributed by atoms with Crippen molar-refractivity contribution in [1.29, 1.82) is 10.5 Å². The third kappa shape index (κ3) is 7.32. The largest absolute Gasteiger partial charge is 0.416 e. The van der Waals surface area contributed by atoms with E-state index in [0.717, 1.165) is 10.8 Å². The summed E-state index contributed by atoms with van der Waals surface area (Å²) in [4.78, 5) is 14.5. The third-order valence-electron chi connectivity index (χ3n) is 10.3. The molecule has 6 nitrogen and oxygen atoms in total. The molecule has 0 amide bonds. The van der Waals surface area contributed by atoms with Crippen molar-refractivity contribution in [2.24, 2.45) is 0 Å². The minimum Gasteiger partial charge on any atom is -0.309 e.